The molecular formula is C23H32FN3O4. The van der Waals surface area contributed by atoms with Crippen LogP contribution in [0.25, 0.3) is 10.9 Å². The molecule has 1 aromatic carbocycles. The maximum atomic E-state index is 14.9. The fourth-order valence-electron chi connectivity index (χ4n) is 4.70. The molecule has 3 atom stereocenters. The Labute approximate surface area is 182 Å². The number of amides is 1. The Bertz CT molecular complexity index is 931. The van der Waals surface area contributed by atoms with E-state index in [1.807, 2.05) is 26.8 Å². The minimum Gasteiger partial charge on any atom is -0.481 e. The molecule has 1 amide bonds. The minimum absolute atomic E-state index is 0.144. The summed E-state index contributed by atoms with van der Waals surface area (Å²) in [5.74, 6) is -0.318. The Balaban J connectivity index is 1.83. The summed E-state index contributed by atoms with van der Waals surface area (Å²) in [7, 11) is 1.51. The van der Waals surface area contributed by atoms with Crippen molar-refractivity contribution in [2.24, 2.45) is 11.3 Å². The second-order valence-corrected chi connectivity index (χ2v) is 9.37. The molecule has 2 heterocycles. The van der Waals surface area contributed by atoms with E-state index < -0.39 is 17.8 Å². The quantitative estimate of drug-likeness (QED) is 0.619. The third-order valence-electron chi connectivity index (χ3n) is 6.13. The molecule has 1 aromatic heterocycles. The average Bonchev–Trinajstić information content (AvgIpc) is 3.17. The zero-order valence-electron chi connectivity index (χ0n) is 18.6. The van der Waals surface area contributed by atoms with Crippen LogP contribution in [0.5, 0.6) is 5.88 Å². The van der Waals surface area contributed by atoms with Gasteiger partial charge in [0.25, 0.3) is 0 Å². The van der Waals surface area contributed by atoms with Gasteiger partial charge < -0.3 is 25.2 Å². The van der Waals surface area contributed by atoms with Crippen molar-refractivity contribution in [1.82, 2.24) is 15.2 Å². The van der Waals surface area contributed by atoms with Gasteiger partial charge in [0.2, 0.25) is 5.88 Å². The fraction of sp³-hybridized carbons (Fsp3) is 0.565. The standard InChI is InChI=1S/C23H32FN3O4/c1-23(2,3)21(26-22(29)30)15-9-10-27(11-15)12-16(13-28)19-17(24)7-5-14-6-8-18(31-4)25-20(14)19/h5-8,15-16,21,26,28H,9-13H2,1-4H3,(H,29,30)/t15-,16?,21?/m1/s1. The van der Waals surface area contributed by atoms with Crippen LogP contribution in [0.1, 0.15) is 38.7 Å². The summed E-state index contributed by atoms with van der Waals surface area (Å²) in [4.78, 5) is 17.9. The molecule has 3 N–H and O–H groups in total. The van der Waals surface area contributed by atoms with Gasteiger partial charge in [-0.3, -0.25) is 0 Å². The molecule has 2 unspecified atom stereocenters. The number of nitrogens with zero attached hydrogens (tertiary/aromatic N) is 2. The van der Waals surface area contributed by atoms with Crippen molar-refractivity contribution in [3.05, 3.63) is 35.6 Å². The molecule has 1 saturated heterocycles. The van der Waals surface area contributed by atoms with Crippen LogP contribution in [-0.4, -0.2) is 65.6 Å². The van der Waals surface area contributed by atoms with Crippen LogP contribution in [0.3, 0.4) is 0 Å². The van der Waals surface area contributed by atoms with E-state index in [1.54, 1.807) is 12.1 Å². The monoisotopic (exact) mass is 433 g/mol. The van der Waals surface area contributed by atoms with Gasteiger partial charge in [0.1, 0.15) is 5.82 Å². The number of nitrogens with one attached hydrogen (secondary N) is 1. The summed E-state index contributed by atoms with van der Waals surface area (Å²) < 4.78 is 20.1. The fourth-order valence-corrected chi connectivity index (χ4v) is 4.70. The van der Waals surface area contributed by atoms with E-state index in [9.17, 15) is 19.4 Å². The predicted molar refractivity (Wildman–Crippen MR) is 117 cm³/mol. The van der Waals surface area contributed by atoms with Crippen LogP contribution < -0.4 is 10.1 Å². The Hall–Kier alpha value is -2.45. The molecule has 1 aliphatic heterocycles. The van der Waals surface area contributed by atoms with Crippen molar-refractivity contribution < 1.29 is 24.1 Å². The number of hydrogen-bond donors (Lipinski definition) is 3. The first-order chi connectivity index (χ1) is 14.6. The van der Waals surface area contributed by atoms with E-state index in [0.29, 0.717) is 30.0 Å². The Morgan fingerprint density at radius 1 is 1.35 bits per heavy atom. The number of ether oxygens (including phenoxy) is 1. The van der Waals surface area contributed by atoms with E-state index in [4.69, 9.17) is 4.74 Å². The lowest BCUT2D eigenvalue weighted by atomic mass is 9.78. The zero-order chi connectivity index (χ0) is 22.8. The van der Waals surface area contributed by atoms with Crippen LogP contribution in [0, 0.1) is 17.2 Å². The first kappa shape index (κ1) is 23.2. The lowest BCUT2D eigenvalue weighted by Gasteiger charge is -2.35. The molecule has 0 radical (unpaired) electrons. The highest BCUT2D eigenvalue weighted by Gasteiger charge is 2.38. The van der Waals surface area contributed by atoms with Crippen molar-refractivity contribution in [1.29, 1.82) is 0 Å². The maximum Gasteiger partial charge on any atom is 0.404 e. The van der Waals surface area contributed by atoms with Gasteiger partial charge in [-0.05, 0) is 42.5 Å². The third-order valence-corrected chi connectivity index (χ3v) is 6.13. The van der Waals surface area contributed by atoms with E-state index in [0.717, 1.165) is 18.4 Å². The molecular weight excluding hydrogens is 401 g/mol. The van der Waals surface area contributed by atoms with Crippen molar-refractivity contribution in [2.75, 3.05) is 33.4 Å². The molecule has 2 aromatic rings. The van der Waals surface area contributed by atoms with E-state index in [2.05, 4.69) is 15.2 Å². The number of rotatable bonds is 7. The summed E-state index contributed by atoms with van der Waals surface area (Å²) in [5.41, 5.74) is 0.658. The van der Waals surface area contributed by atoms with Gasteiger partial charge in [-0.25, -0.2) is 14.2 Å². The molecule has 1 aliphatic rings. The Kier molecular flexibility index (Phi) is 7.01. The number of carboxylic acid groups (broad SMARTS) is 1. The van der Waals surface area contributed by atoms with Gasteiger partial charge in [-0.15, -0.1) is 0 Å². The number of hydrogen-bond acceptors (Lipinski definition) is 5. The van der Waals surface area contributed by atoms with Gasteiger partial charge >= 0.3 is 6.09 Å². The lowest BCUT2D eigenvalue weighted by Crippen LogP contribution is -2.49. The largest absolute Gasteiger partial charge is 0.481 e. The molecule has 0 aliphatic carbocycles. The second-order valence-electron chi connectivity index (χ2n) is 9.37. The van der Waals surface area contributed by atoms with E-state index >= 15 is 0 Å². The maximum absolute atomic E-state index is 14.9. The van der Waals surface area contributed by atoms with Crippen LogP contribution in [-0.2, 0) is 0 Å². The molecule has 0 spiro atoms. The Morgan fingerprint density at radius 3 is 2.68 bits per heavy atom. The second kappa shape index (κ2) is 9.36. The number of pyridine rings is 1. The highest BCUT2D eigenvalue weighted by molar-refractivity contribution is 5.83. The molecule has 31 heavy (non-hydrogen) atoms. The SMILES string of the molecule is COc1ccc2ccc(F)c(C(CO)CN3CC[C@@H](C(NC(=O)O)C(C)(C)C)C3)c2n1. The normalized spacial score (nSPS) is 19.4. The molecule has 170 valence electrons. The number of methoxy groups -OCH3 is 1. The van der Waals surface area contributed by atoms with Gasteiger partial charge in [-0.1, -0.05) is 20.8 Å². The number of halogens is 1. The number of carbonyl (C=O) groups is 1. The highest BCUT2D eigenvalue weighted by Crippen LogP contribution is 2.34. The van der Waals surface area contributed by atoms with Gasteiger partial charge in [0, 0.05) is 42.1 Å². The van der Waals surface area contributed by atoms with Gasteiger partial charge in [-0.2, -0.15) is 0 Å². The molecule has 7 nitrogen and oxygen atoms in total. The number of aliphatic hydroxyl groups excluding tert-OH is 1. The topological polar surface area (TPSA) is 94.9 Å². The van der Waals surface area contributed by atoms with Crippen LogP contribution in [0.15, 0.2) is 24.3 Å². The average molecular weight is 434 g/mol. The summed E-state index contributed by atoms with van der Waals surface area (Å²) >= 11 is 0. The van der Waals surface area contributed by atoms with Crippen molar-refractivity contribution in [2.45, 2.75) is 39.2 Å². The predicted octanol–water partition coefficient (Wildman–Crippen LogP) is 3.46. The first-order valence-corrected chi connectivity index (χ1v) is 10.6. The number of aliphatic hydroxyl groups is 1. The van der Waals surface area contributed by atoms with Crippen molar-refractivity contribution >= 4 is 17.0 Å². The van der Waals surface area contributed by atoms with Crippen LogP contribution in [0.2, 0.25) is 0 Å². The summed E-state index contributed by atoms with van der Waals surface area (Å²) in [6, 6.07) is 6.45. The van der Waals surface area contributed by atoms with Gasteiger partial charge in [0.15, 0.2) is 0 Å². The molecule has 8 heteroatoms. The number of fused-ring (bicyclic) bond motifs is 1. The third kappa shape index (κ3) is 5.25. The smallest absolute Gasteiger partial charge is 0.404 e. The number of likely N-dealkylation sites (tertiary alicyclic amines) is 1. The van der Waals surface area contributed by atoms with E-state index in [1.165, 1.54) is 13.2 Å². The van der Waals surface area contributed by atoms with Crippen molar-refractivity contribution in [3.63, 3.8) is 0 Å². The summed E-state index contributed by atoms with van der Waals surface area (Å²) in [5, 5.41) is 22.9. The highest BCUT2D eigenvalue weighted by atomic mass is 19.1. The molecule has 3 rings (SSSR count). The van der Waals surface area contributed by atoms with Crippen LogP contribution in [0.4, 0.5) is 9.18 Å². The molecule has 1 fully saturated rings. The lowest BCUT2D eigenvalue weighted by molar-refractivity contribution is 0.150. The number of benzene rings is 1. The molecule has 0 bridgehead atoms. The first-order valence-electron chi connectivity index (χ1n) is 10.6. The summed E-state index contributed by atoms with van der Waals surface area (Å²) in [6.45, 7) is 7.77. The van der Waals surface area contributed by atoms with Crippen molar-refractivity contribution in [3.8, 4) is 5.88 Å². The number of aromatic nitrogens is 1. The van der Waals surface area contributed by atoms with Crippen LogP contribution >= 0.6 is 0 Å². The summed E-state index contributed by atoms with van der Waals surface area (Å²) in [6.07, 6.45) is -0.186. The van der Waals surface area contributed by atoms with E-state index in [-0.39, 0.29) is 24.0 Å². The van der Waals surface area contributed by atoms with Gasteiger partial charge in [0.05, 0.1) is 19.2 Å². The minimum atomic E-state index is -1.02. The molecule has 0 saturated carbocycles. The Morgan fingerprint density at radius 2 is 2.06 bits per heavy atom. The zero-order valence-corrected chi connectivity index (χ0v) is 18.6.